The Hall–Kier alpha value is -8.40. The summed E-state index contributed by atoms with van der Waals surface area (Å²) in [7, 11) is 0. The van der Waals surface area contributed by atoms with Gasteiger partial charge in [0.1, 0.15) is 0 Å². The van der Waals surface area contributed by atoms with Crippen LogP contribution in [0.1, 0.15) is 0 Å². The highest BCUT2D eigenvalue weighted by Crippen LogP contribution is 2.50. The quantitative estimate of drug-likeness (QED) is 0.158. The summed E-state index contributed by atoms with van der Waals surface area (Å²) < 4.78 is 7.38. The molecular weight excluding hydrogens is 763 g/mol. The molecule has 0 saturated heterocycles. The molecule has 3 nitrogen and oxygen atoms in total. The SMILES string of the molecule is c1ccc(-n2c3ccccc3c3c4c(c5ccccc5c32)c2ccccc2c2c4c3ccccc3n2-c2ccc(-c3ccc(-n4c5ccccc5c5ccccc54)cc3)cc2)cc1. The van der Waals surface area contributed by atoms with E-state index in [1.54, 1.807) is 0 Å². The van der Waals surface area contributed by atoms with E-state index >= 15 is 0 Å². The van der Waals surface area contributed by atoms with E-state index in [0.717, 1.165) is 17.1 Å². The van der Waals surface area contributed by atoms with E-state index in [2.05, 4.69) is 238 Å². The van der Waals surface area contributed by atoms with Crippen LogP contribution in [0.2, 0.25) is 0 Å². The molecule has 0 bridgehead atoms. The first-order valence-electron chi connectivity index (χ1n) is 21.8. The monoisotopic (exact) mass is 799 g/mol. The van der Waals surface area contributed by atoms with Crippen molar-refractivity contribution in [3.8, 4) is 28.2 Å². The Morgan fingerprint density at radius 1 is 0.190 bits per heavy atom. The van der Waals surface area contributed by atoms with Crippen LogP contribution in [0.5, 0.6) is 0 Å². The van der Waals surface area contributed by atoms with E-state index in [-0.39, 0.29) is 0 Å². The summed E-state index contributed by atoms with van der Waals surface area (Å²) in [5, 5.41) is 15.3. The number of rotatable bonds is 4. The second-order valence-corrected chi connectivity index (χ2v) is 16.8. The first kappa shape index (κ1) is 34.3. The number of hydrogen-bond acceptors (Lipinski definition) is 0. The second-order valence-electron chi connectivity index (χ2n) is 16.8. The molecule has 0 fully saturated rings. The normalized spacial score (nSPS) is 12.1. The number of aromatic nitrogens is 3. The van der Waals surface area contributed by atoms with E-state index in [4.69, 9.17) is 0 Å². The number of nitrogens with zero attached hydrogens (tertiary/aromatic N) is 3. The lowest BCUT2D eigenvalue weighted by Crippen LogP contribution is -1.96. The summed E-state index contributed by atoms with van der Waals surface area (Å²) in [6, 6.07) is 82.5. The summed E-state index contributed by atoms with van der Waals surface area (Å²) >= 11 is 0. The van der Waals surface area contributed by atoms with E-state index < -0.39 is 0 Å². The Morgan fingerprint density at radius 2 is 0.508 bits per heavy atom. The van der Waals surface area contributed by atoms with Crippen molar-refractivity contribution in [2.24, 2.45) is 0 Å². The van der Waals surface area contributed by atoms with Gasteiger partial charge in [-0.15, -0.1) is 0 Å². The largest absolute Gasteiger partial charge is 0.309 e. The fourth-order valence-electron chi connectivity index (χ4n) is 11.0. The number of para-hydroxylation sites is 5. The molecule has 0 N–H and O–H groups in total. The van der Waals surface area contributed by atoms with Crippen LogP contribution in [0.15, 0.2) is 224 Å². The Morgan fingerprint density at radius 3 is 0.952 bits per heavy atom. The highest BCUT2D eigenvalue weighted by atomic mass is 15.0. The first-order chi connectivity index (χ1) is 31.3. The van der Waals surface area contributed by atoms with Gasteiger partial charge in [0.25, 0.3) is 0 Å². The van der Waals surface area contributed by atoms with Crippen molar-refractivity contribution in [3.63, 3.8) is 0 Å². The molecule has 3 heterocycles. The van der Waals surface area contributed by atoms with Crippen molar-refractivity contribution in [3.05, 3.63) is 224 Å². The highest BCUT2D eigenvalue weighted by molar-refractivity contribution is 6.45. The molecule has 0 saturated carbocycles. The molecule has 3 aromatic heterocycles. The van der Waals surface area contributed by atoms with Gasteiger partial charge in [-0.05, 0) is 87.9 Å². The number of benzene rings is 11. The number of fused-ring (bicyclic) bond motifs is 18. The minimum absolute atomic E-state index is 1.14. The van der Waals surface area contributed by atoms with Crippen LogP contribution in [0.3, 0.4) is 0 Å². The standard InChI is InChI=1S/C60H37N3/c1-2-16-40(17-3-1)62-53-28-14-10-24-49(53)56-58-55(45-20-4-6-22-47(45)59(56)62)46-21-5-7-23-48(46)60-57(58)50-25-11-15-29-54(50)63(60)42-36-32-39(33-37-42)38-30-34-41(35-31-38)61-51-26-12-8-18-43(51)44-19-9-13-27-52(44)61/h1-37H. The van der Waals surface area contributed by atoms with Crippen LogP contribution >= 0.6 is 0 Å². The van der Waals surface area contributed by atoms with Crippen molar-refractivity contribution in [2.75, 3.05) is 0 Å². The average Bonchev–Trinajstić information content (AvgIpc) is 4.01. The minimum Gasteiger partial charge on any atom is -0.309 e. The predicted octanol–water partition coefficient (Wildman–Crippen LogP) is 16.1. The van der Waals surface area contributed by atoms with Gasteiger partial charge >= 0.3 is 0 Å². The van der Waals surface area contributed by atoms with Crippen molar-refractivity contribution >= 4 is 97.7 Å². The zero-order valence-corrected chi connectivity index (χ0v) is 34.2. The van der Waals surface area contributed by atoms with Gasteiger partial charge in [0.15, 0.2) is 0 Å². The van der Waals surface area contributed by atoms with Gasteiger partial charge in [0.2, 0.25) is 0 Å². The molecule has 0 amide bonds. The fourth-order valence-corrected chi connectivity index (χ4v) is 11.0. The topological polar surface area (TPSA) is 14.8 Å². The lowest BCUT2D eigenvalue weighted by atomic mass is 9.89. The Bertz CT molecular complexity index is 4110. The molecule has 63 heavy (non-hydrogen) atoms. The maximum absolute atomic E-state index is 2.51. The Balaban J connectivity index is 1.02. The fraction of sp³-hybridized carbons (Fsp3) is 0. The van der Waals surface area contributed by atoms with Gasteiger partial charge in [-0.1, -0.05) is 164 Å². The molecule has 0 atom stereocenters. The second kappa shape index (κ2) is 13.1. The van der Waals surface area contributed by atoms with Crippen LogP contribution < -0.4 is 0 Å². The molecule has 0 aliphatic carbocycles. The average molecular weight is 800 g/mol. The molecule has 14 aromatic rings. The number of hydrogen-bond donors (Lipinski definition) is 0. The highest BCUT2D eigenvalue weighted by Gasteiger charge is 2.26. The summed E-state index contributed by atoms with van der Waals surface area (Å²) in [4.78, 5) is 0. The lowest BCUT2D eigenvalue weighted by molar-refractivity contribution is 1.18. The molecule has 0 aliphatic rings. The third-order valence-electron chi connectivity index (χ3n) is 13.6. The Kier molecular flexibility index (Phi) is 7.11. The van der Waals surface area contributed by atoms with E-state index in [1.165, 1.54) is 109 Å². The van der Waals surface area contributed by atoms with Crippen LogP contribution in [0, 0.1) is 0 Å². The Labute approximate surface area is 362 Å². The van der Waals surface area contributed by atoms with Gasteiger partial charge in [-0.3, -0.25) is 0 Å². The molecule has 14 rings (SSSR count). The third kappa shape index (κ3) is 4.74. The van der Waals surface area contributed by atoms with Crippen molar-refractivity contribution < 1.29 is 0 Å². The van der Waals surface area contributed by atoms with Crippen molar-refractivity contribution in [2.45, 2.75) is 0 Å². The van der Waals surface area contributed by atoms with Crippen molar-refractivity contribution in [1.82, 2.24) is 13.7 Å². The molecule has 0 unspecified atom stereocenters. The maximum Gasteiger partial charge on any atom is 0.0626 e. The minimum atomic E-state index is 1.14. The van der Waals surface area contributed by atoms with Gasteiger partial charge in [-0.2, -0.15) is 0 Å². The van der Waals surface area contributed by atoms with Gasteiger partial charge in [0.05, 0.1) is 33.1 Å². The smallest absolute Gasteiger partial charge is 0.0626 e. The van der Waals surface area contributed by atoms with Crippen molar-refractivity contribution in [1.29, 1.82) is 0 Å². The summed E-state index contributed by atoms with van der Waals surface area (Å²) in [6.45, 7) is 0. The van der Waals surface area contributed by atoms with Gasteiger partial charge in [0, 0.05) is 65.5 Å². The lowest BCUT2D eigenvalue weighted by Gasteiger charge is -2.16. The summed E-state index contributed by atoms with van der Waals surface area (Å²) in [5.74, 6) is 0. The van der Waals surface area contributed by atoms with Crippen LogP contribution in [-0.2, 0) is 0 Å². The van der Waals surface area contributed by atoms with Crippen LogP contribution in [0.4, 0.5) is 0 Å². The zero-order valence-electron chi connectivity index (χ0n) is 34.2. The molecule has 292 valence electrons. The summed E-state index contributed by atoms with van der Waals surface area (Å²) in [6.07, 6.45) is 0. The zero-order chi connectivity index (χ0) is 41.2. The molecule has 0 spiro atoms. The molecule has 11 aromatic carbocycles. The van der Waals surface area contributed by atoms with Crippen LogP contribution in [0.25, 0.3) is 126 Å². The van der Waals surface area contributed by atoms with Gasteiger partial charge in [-0.25, -0.2) is 0 Å². The predicted molar refractivity (Wildman–Crippen MR) is 267 cm³/mol. The molecular formula is C60H37N3. The maximum atomic E-state index is 2.51. The molecule has 3 heteroatoms. The van der Waals surface area contributed by atoms with Gasteiger partial charge < -0.3 is 13.7 Å². The van der Waals surface area contributed by atoms with E-state index in [0.29, 0.717) is 0 Å². The molecule has 0 aliphatic heterocycles. The van der Waals surface area contributed by atoms with Crippen LogP contribution in [-0.4, -0.2) is 13.7 Å². The first-order valence-corrected chi connectivity index (χ1v) is 21.8. The summed E-state index contributed by atoms with van der Waals surface area (Å²) in [5.41, 5.74) is 13.2. The third-order valence-corrected chi connectivity index (χ3v) is 13.6. The molecule has 0 radical (unpaired) electrons. The van der Waals surface area contributed by atoms with E-state index in [1.807, 2.05) is 0 Å². The van der Waals surface area contributed by atoms with E-state index in [9.17, 15) is 0 Å².